The molecule has 3 aromatic carbocycles. The van der Waals surface area contributed by atoms with Crippen molar-refractivity contribution in [1.29, 1.82) is 0 Å². The molecule has 0 aromatic heterocycles. The number of nitrogens with zero attached hydrogens (tertiary/aromatic N) is 1. The molecule has 0 aliphatic carbocycles. The first kappa shape index (κ1) is 25.2. The third-order valence-electron chi connectivity index (χ3n) is 4.82. The standard InChI is InChI=1S/C25H21F2NO7/c1-32-22-10-7-16(12-18(22)15-34-20-5-3-4-19(14-20)28(30)31)6-9-21(29)17-8-11-23(35-25(26)27)24(13-17)33-2/h3-14,25H,15H2,1-2H3/b9-6+. The highest BCUT2D eigenvalue weighted by atomic mass is 19.3. The zero-order valence-electron chi connectivity index (χ0n) is 18.8. The third-order valence-corrected chi connectivity index (χ3v) is 4.82. The fraction of sp³-hybridized carbons (Fsp3) is 0.160. The highest BCUT2D eigenvalue weighted by Crippen LogP contribution is 2.30. The zero-order valence-corrected chi connectivity index (χ0v) is 18.8. The number of halogens is 2. The van der Waals surface area contributed by atoms with Gasteiger partial charge >= 0.3 is 6.61 Å². The van der Waals surface area contributed by atoms with Gasteiger partial charge in [-0.3, -0.25) is 14.9 Å². The molecule has 0 amide bonds. The second kappa shape index (κ2) is 11.6. The Hall–Kier alpha value is -4.47. The lowest BCUT2D eigenvalue weighted by Gasteiger charge is -2.11. The van der Waals surface area contributed by atoms with E-state index in [2.05, 4.69) is 4.74 Å². The van der Waals surface area contributed by atoms with Gasteiger partial charge in [-0.2, -0.15) is 8.78 Å². The number of ketones is 1. The van der Waals surface area contributed by atoms with Crippen LogP contribution in [-0.2, 0) is 6.61 Å². The summed E-state index contributed by atoms with van der Waals surface area (Å²) in [6.07, 6.45) is 2.91. The minimum absolute atomic E-state index is 0.00887. The lowest BCUT2D eigenvalue weighted by atomic mass is 10.1. The number of benzene rings is 3. The Labute approximate surface area is 199 Å². The van der Waals surface area contributed by atoms with Crippen LogP contribution in [0.25, 0.3) is 6.08 Å². The molecule has 0 bridgehead atoms. The summed E-state index contributed by atoms with van der Waals surface area (Å²) in [5.41, 5.74) is 1.46. The fourth-order valence-electron chi connectivity index (χ4n) is 3.15. The van der Waals surface area contributed by atoms with Gasteiger partial charge in [0, 0.05) is 17.2 Å². The number of carbonyl (C=O) groups excluding carboxylic acids is 1. The molecule has 0 saturated carbocycles. The van der Waals surface area contributed by atoms with Crippen LogP contribution in [0.3, 0.4) is 0 Å². The second-order valence-electron chi connectivity index (χ2n) is 7.06. The van der Waals surface area contributed by atoms with E-state index < -0.39 is 11.5 Å². The summed E-state index contributed by atoms with van der Waals surface area (Å²) >= 11 is 0. The van der Waals surface area contributed by atoms with E-state index in [0.717, 1.165) is 0 Å². The van der Waals surface area contributed by atoms with Crippen LogP contribution >= 0.6 is 0 Å². The number of allylic oxidation sites excluding steroid dienone is 1. The van der Waals surface area contributed by atoms with Crippen molar-refractivity contribution < 1.29 is 37.4 Å². The Morgan fingerprint density at radius 3 is 2.43 bits per heavy atom. The van der Waals surface area contributed by atoms with Crippen molar-refractivity contribution in [2.45, 2.75) is 13.2 Å². The van der Waals surface area contributed by atoms with Crippen molar-refractivity contribution in [2.24, 2.45) is 0 Å². The Morgan fingerprint density at radius 2 is 1.74 bits per heavy atom. The van der Waals surface area contributed by atoms with Gasteiger partial charge in [0.05, 0.1) is 25.2 Å². The topological polar surface area (TPSA) is 97.1 Å². The Bertz CT molecular complexity index is 1240. The monoisotopic (exact) mass is 485 g/mol. The number of carbonyl (C=O) groups is 1. The van der Waals surface area contributed by atoms with E-state index >= 15 is 0 Å². The van der Waals surface area contributed by atoms with Gasteiger partial charge in [-0.15, -0.1) is 0 Å². The largest absolute Gasteiger partial charge is 0.496 e. The van der Waals surface area contributed by atoms with Crippen molar-refractivity contribution in [3.63, 3.8) is 0 Å². The molecular weight excluding hydrogens is 464 g/mol. The van der Waals surface area contributed by atoms with Crippen LogP contribution in [0.4, 0.5) is 14.5 Å². The van der Waals surface area contributed by atoms with E-state index in [1.165, 1.54) is 56.7 Å². The van der Waals surface area contributed by atoms with Gasteiger partial charge in [0.25, 0.3) is 5.69 Å². The Kier molecular flexibility index (Phi) is 8.33. The third kappa shape index (κ3) is 6.76. The van der Waals surface area contributed by atoms with Gasteiger partial charge < -0.3 is 18.9 Å². The fourth-order valence-corrected chi connectivity index (χ4v) is 3.15. The first-order valence-electron chi connectivity index (χ1n) is 10.2. The van der Waals surface area contributed by atoms with Gasteiger partial charge in [-0.25, -0.2) is 0 Å². The molecule has 0 aliphatic heterocycles. The molecule has 0 unspecified atom stereocenters. The minimum Gasteiger partial charge on any atom is -0.496 e. The van der Waals surface area contributed by atoms with E-state index in [-0.39, 0.29) is 35.1 Å². The van der Waals surface area contributed by atoms with Crippen LogP contribution in [0.5, 0.6) is 23.0 Å². The summed E-state index contributed by atoms with van der Waals surface area (Å²) in [5, 5.41) is 10.9. The molecule has 3 aromatic rings. The highest BCUT2D eigenvalue weighted by Gasteiger charge is 2.13. The molecular formula is C25H21F2NO7. The average molecular weight is 485 g/mol. The van der Waals surface area contributed by atoms with Crippen LogP contribution < -0.4 is 18.9 Å². The van der Waals surface area contributed by atoms with Crippen molar-refractivity contribution >= 4 is 17.5 Å². The highest BCUT2D eigenvalue weighted by molar-refractivity contribution is 6.07. The summed E-state index contributed by atoms with van der Waals surface area (Å²) in [5.74, 6) is 0.321. The molecule has 0 radical (unpaired) electrons. The van der Waals surface area contributed by atoms with E-state index in [1.54, 1.807) is 30.3 Å². The maximum Gasteiger partial charge on any atom is 0.387 e. The minimum atomic E-state index is -3.02. The molecule has 0 atom stereocenters. The van der Waals surface area contributed by atoms with Gasteiger partial charge in [-0.05, 0) is 48.0 Å². The van der Waals surface area contributed by atoms with Crippen LogP contribution in [-0.4, -0.2) is 31.5 Å². The van der Waals surface area contributed by atoms with Crippen LogP contribution in [0.1, 0.15) is 21.5 Å². The van der Waals surface area contributed by atoms with Crippen molar-refractivity contribution in [2.75, 3.05) is 14.2 Å². The number of nitro groups is 1. The molecule has 10 heteroatoms. The molecule has 0 heterocycles. The van der Waals surface area contributed by atoms with Crippen LogP contribution in [0.15, 0.2) is 66.7 Å². The molecule has 0 aliphatic rings. The number of alkyl halides is 2. The predicted octanol–water partition coefficient (Wildman–Crippen LogP) is 5.69. The van der Waals surface area contributed by atoms with Crippen LogP contribution in [0, 0.1) is 10.1 Å². The number of hydrogen-bond donors (Lipinski definition) is 0. The van der Waals surface area contributed by atoms with Crippen molar-refractivity contribution in [3.05, 3.63) is 93.5 Å². The lowest BCUT2D eigenvalue weighted by molar-refractivity contribution is -0.384. The number of rotatable bonds is 11. The zero-order chi connectivity index (χ0) is 25.4. The lowest BCUT2D eigenvalue weighted by Crippen LogP contribution is -2.04. The summed E-state index contributed by atoms with van der Waals surface area (Å²) in [7, 11) is 2.78. The molecule has 0 fully saturated rings. The van der Waals surface area contributed by atoms with Gasteiger partial charge in [0.1, 0.15) is 18.1 Å². The number of hydrogen-bond acceptors (Lipinski definition) is 7. The molecule has 35 heavy (non-hydrogen) atoms. The number of non-ortho nitro benzene ring substituents is 1. The number of nitro benzene ring substituents is 1. The Morgan fingerprint density at radius 1 is 1.00 bits per heavy atom. The molecule has 3 rings (SSSR count). The molecule has 0 spiro atoms. The molecule has 8 nitrogen and oxygen atoms in total. The number of ether oxygens (including phenoxy) is 4. The second-order valence-corrected chi connectivity index (χ2v) is 7.06. The molecule has 0 N–H and O–H groups in total. The van der Waals surface area contributed by atoms with E-state index in [9.17, 15) is 23.7 Å². The predicted molar refractivity (Wildman–Crippen MR) is 123 cm³/mol. The van der Waals surface area contributed by atoms with Crippen molar-refractivity contribution in [1.82, 2.24) is 0 Å². The van der Waals surface area contributed by atoms with Gasteiger partial charge in [0.15, 0.2) is 17.3 Å². The van der Waals surface area contributed by atoms with E-state index in [4.69, 9.17) is 14.2 Å². The van der Waals surface area contributed by atoms with Gasteiger partial charge in [0.2, 0.25) is 0 Å². The first-order valence-corrected chi connectivity index (χ1v) is 10.2. The van der Waals surface area contributed by atoms with Crippen molar-refractivity contribution in [3.8, 4) is 23.0 Å². The summed E-state index contributed by atoms with van der Waals surface area (Å²) < 4.78 is 45.4. The first-order chi connectivity index (χ1) is 16.8. The molecule has 182 valence electrons. The average Bonchev–Trinajstić information content (AvgIpc) is 2.86. The van der Waals surface area contributed by atoms with E-state index in [0.29, 0.717) is 22.6 Å². The summed E-state index contributed by atoms with van der Waals surface area (Å²) in [6.45, 7) is -2.95. The summed E-state index contributed by atoms with van der Waals surface area (Å²) in [6, 6.07) is 14.9. The quantitative estimate of drug-likeness (QED) is 0.149. The normalized spacial score (nSPS) is 10.9. The SMILES string of the molecule is COc1ccc(/C=C/C(=O)c2ccc(OC(F)F)c(OC)c2)cc1COc1cccc([N+](=O)[O-])c1. The maximum atomic E-state index is 12.6. The van der Waals surface area contributed by atoms with E-state index in [1.807, 2.05) is 0 Å². The Balaban J connectivity index is 1.75. The smallest absolute Gasteiger partial charge is 0.387 e. The maximum absolute atomic E-state index is 12.6. The number of methoxy groups -OCH3 is 2. The van der Waals surface area contributed by atoms with Crippen LogP contribution in [0.2, 0.25) is 0 Å². The summed E-state index contributed by atoms with van der Waals surface area (Å²) in [4.78, 5) is 23.0. The van der Waals surface area contributed by atoms with Gasteiger partial charge in [-0.1, -0.05) is 18.2 Å². The molecule has 0 saturated heterocycles.